The topological polar surface area (TPSA) is 89.3 Å². The van der Waals surface area contributed by atoms with Gasteiger partial charge in [-0.2, -0.15) is 0 Å². The van der Waals surface area contributed by atoms with Gasteiger partial charge in [0, 0.05) is 27.3 Å². The fourth-order valence-corrected chi connectivity index (χ4v) is 4.70. The van der Waals surface area contributed by atoms with Crippen LogP contribution in [0.15, 0.2) is 39.0 Å². The number of nitro groups is 1. The highest BCUT2D eigenvalue weighted by atomic mass is 79.9. The number of sulfonamides is 1. The molecule has 0 unspecified atom stereocenters. The van der Waals surface area contributed by atoms with Gasteiger partial charge in [-0.15, -0.1) is 11.3 Å². The van der Waals surface area contributed by atoms with Crippen LogP contribution in [-0.2, 0) is 16.6 Å². The molecule has 0 spiro atoms. The van der Waals surface area contributed by atoms with Gasteiger partial charge >= 0.3 is 0 Å². The van der Waals surface area contributed by atoms with E-state index in [1.807, 2.05) is 5.38 Å². The third-order valence-corrected chi connectivity index (χ3v) is 6.01. The van der Waals surface area contributed by atoms with Crippen LogP contribution in [-0.4, -0.2) is 13.3 Å². The first kappa shape index (κ1) is 16.1. The van der Waals surface area contributed by atoms with Crippen molar-refractivity contribution in [2.45, 2.75) is 18.4 Å². The number of hydrogen-bond donors (Lipinski definition) is 1. The van der Waals surface area contributed by atoms with Crippen molar-refractivity contribution in [3.05, 3.63) is 54.7 Å². The molecule has 112 valence electrons. The second kappa shape index (κ2) is 6.22. The first-order chi connectivity index (χ1) is 9.81. The van der Waals surface area contributed by atoms with E-state index in [0.29, 0.717) is 5.56 Å². The number of benzene rings is 1. The summed E-state index contributed by atoms with van der Waals surface area (Å²) in [7, 11) is -3.96. The number of hydrogen-bond acceptors (Lipinski definition) is 5. The van der Waals surface area contributed by atoms with Gasteiger partial charge in [-0.1, -0.05) is 12.1 Å². The average molecular weight is 391 g/mol. The molecular formula is C12H11BrN2O4S2. The molecule has 2 rings (SSSR count). The van der Waals surface area contributed by atoms with Gasteiger partial charge < -0.3 is 0 Å². The maximum atomic E-state index is 12.3. The minimum absolute atomic E-state index is 0.0874. The van der Waals surface area contributed by atoms with Crippen molar-refractivity contribution in [2.24, 2.45) is 0 Å². The van der Waals surface area contributed by atoms with Gasteiger partial charge in [0.15, 0.2) is 4.90 Å². The van der Waals surface area contributed by atoms with E-state index in [1.165, 1.54) is 36.5 Å². The highest BCUT2D eigenvalue weighted by Gasteiger charge is 2.27. The number of nitrogens with zero attached hydrogens (tertiary/aromatic N) is 1. The van der Waals surface area contributed by atoms with Gasteiger partial charge in [-0.25, -0.2) is 13.1 Å². The summed E-state index contributed by atoms with van der Waals surface area (Å²) in [5.41, 5.74) is -0.0843. The van der Waals surface area contributed by atoms with E-state index in [4.69, 9.17) is 0 Å². The Hall–Kier alpha value is -1.29. The minimum atomic E-state index is -3.96. The van der Waals surface area contributed by atoms with Gasteiger partial charge in [0.05, 0.1) is 4.92 Å². The maximum absolute atomic E-state index is 12.3. The second-order valence-corrected chi connectivity index (χ2v) is 7.85. The third-order valence-electron chi connectivity index (χ3n) is 2.71. The Labute approximate surface area is 134 Å². The van der Waals surface area contributed by atoms with Crippen molar-refractivity contribution in [3.8, 4) is 0 Å². The van der Waals surface area contributed by atoms with Gasteiger partial charge in [0.2, 0.25) is 10.0 Å². The lowest BCUT2D eigenvalue weighted by molar-refractivity contribution is -0.387. The molecule has 1 aromatic carbocycles. The van der Waals surface area contributed by atoms with Crippen LogP contribution >= 0.6 is 27.3 Å². The summed E-state index contributed by atoms with van der Waals surface area (Å²) in [6.45, 7) is 1.62. The summed E-state index contributed by atoms with van der Waals surface area (Å²) in [6, 6.07) is 5.97. The summed E-state index contributed by atoms with van der Waals surface area (Å²) >= 11 is 4.68. The number of rotatable bonds is 5. The predicted molar refractivity (Wildman–Crippen MR) is 83.9 cm³/mol. The monoisotopic (exact) mass is 390 g/mol. The Morgan fingerprint density at radius 3 is 2.71 bits per heavy atom. The average Bonchev–Trinajstić information content (AvgIpc) is 2.82. The van der Waals surface area contributed by atoms with Gasteiger partial charge in [0.1, 0.15) is 0 Å². The largest absolute Gasteiger partial charge is 0.289 e. The summed E-state index contributed by atoms with van der Waals surface area (Å²) in [6.07, 6.45) is 0. The highest BCUT2D eigenvalue weighted by Crippen LogP contribution is 2.27. The molecule has 0 radical (unpaired) electrons. The van der Waals surface area contributed by atoms with Gasteiger partial charge in [-0.05, 0) is 34.5 Å². The van der Waals surface area contributed by atoms with Crippen LogP contribution in [0.2, 0.25) is 0 Å². The van der Waals surface area contributed by atoms with Gasteiger partial charge in [-0.3, -0.25) is 10.1 Å². The summed E-state index contributed by atoms with van der Waals surface area (Å²) in [5, 5.41) is 12.8. The molecule has 21 heavy (non-hydrogen) atoms. The Kier molecular flexibility index (Phi) is 4.77. The van der Waals surface area contributed by atoms with Crippen LogP contribution in [0.5, 0.6) is 0 Å². The lowest BCUT2D eigenvalue weighted by Gasteiger charge is -2.09. The molecule has 0 saturated carbocycles. The molecule has 6 nitrogen and oxygen atoms in total. The number of nitrogens with one attached hydrogen (secondary N) is 1. The van der Waals surface area contributed by atoms with Crippen LogP contribution in [0.3, 0.4) is 0 Å². The number of halogens is 1. The highest BCUT2D eigenvalue weighted by molar-refractivity contribution is 9.10. The van der Waals surface area contributed by atoms with Gasteiger partial charge in [0.25, 0.3) is 5.69 Å². The van der Waals surface area contributed by atoms with E-state index in [0.717, 1.165) is 9.35 Å². The molecule has 0 bridgehead atoms. The van der Waals surface area contributed by atoms with E-state index in [-0.39, 0.29) is 11.4 Å². The number of thiophene rings is 1. The van der Waals surface area contributed by atoms with Crippen molar-refractivity contribution < 1.29 is 13.3 Å². The zero-order valence-electron chi connectivity index (χ0n) is 10.9. The van der Waals surface area contributed by atoms with E-state index in [1.54, 1.807) is 6.07 Å². The predicted octanol–water partition coefficient (Wildman–Crippen LogP) is 3.21. The molecular weight excluding hydrogens is 380 g/mol. The second-order valence-electron chi connectivity index (χ2n) is 4.24. The molecule has 2 aromatic rings. The van der Waals surface area contributed by atoms with E-state index in [9.17, 15) is 18.5 Å². The van der Waals surface area contributed by atoms with Crippen molar-refractivity contribution in [1.82, 2.24) is 4.72 Å². The standard InChI is InChI=1S/C12H11BrN2O4S2/c1-8-3-2-4-11(15(16)17)12(8)21(18,19)14-6-10-5-9(13)7-20-10/h2-5,7,14H,6H2,1H3. The molecule has 1 aromatic heterocycles. The number of aryl methyl sites for hydroxylation is 1. The molecule has 1 N–H and O–H groups in total. The van der Waals surface area contributed by atoms with Crippen molar-refractivity contribution in [2.75, 3.05) is 0 Å². The molecule has 0 aliphatic heterocycles. The Morgan fingerprint density at radius 1 is 1.43 bits per heavy atom. The quantitative estimate of drug-likeness (QED) is 0.626. The fraction of sp³-hybridized carbons (Fsp3) is 0.167. The SMILES string of the molecule is Cc1cccc([N+](=O)[O-])c1S(=O)(=O)NCc1cc(Br)cs1. The normalized spacial score (nSPS) is 11.5. The molecule has 1 heterocycles. The van der Waals surface area contributed by atoms with Crippen LogP contribution in [0.4, 0.5) is 5.69 Å². The first-order valence-electron chi connectivity index (χ1n) is 5.78. The first-order valence-corrected chi connectivity index (χ1v) is 8.93. The molecule has 0 saturated heterocycles. The Balaban J connectivity index is 2.33. The van der Waals surface area contributed by atoms with E-state index in [2.05, 4.69) is 20.7 Å². The summed E-state index contributed by atoms with van der Waals surface area (Å²) in [5.74, 6) is 0. The minimum Gasteiger partial charge on any atom is -0.258 e. The van der Waals surface area contributed by atoms with E-state index >= 15 is 0 Å². The molecule has 0 atom stereocenters. The fourth-order valence-electron chi connectivity index (χ4n) is 1.82. The van der Waals surface area contributed by atoms with Crippen molar-refractivity contribution in [1.29, 1.82) is 0 Å². The number of nitro benzene ring substituents is 1. The molecule has 0 aliphatic rings. The van der Waals surface area contributed by atoms with E-state index < -0.39 is 20.6 Å². The smallest absolute Gasteiger partial charge is 0.258 e. The molecule has 0 amide bonds. The molecule has 9 heteroatoms. The third kappa shape index (κ3) is 3.67. The zero-order valence-corrected chi connectivity index (χ0v) is 14.1. The molecule has 0 fully saturated rings. The summed E-state index contributed by atoms with van der Waals surface area (Å²) in [4.78, 5) is 10.8. The lowest BCUT2D eigenvalue weighted by atomic mass is 10.2. The van der Waals surface area contributed by atoms with Crippen molar-refractivity contribution >= 4 is 43.0 Å². The molecule has 0 aliphatic carbocycles. The van der Waals surface area contributed by atoms with Crippen LogP contribution in [0, 0.1) is 17.0 Å². The Morgan fingerprint density at radius 2 is 2.14 bits per heavy atom. The maximum Gasteiger partial charge on any atom is 0.289 e. The zero-order chi connectivity index (χ0) is 15.6. The Bertz CT molecular complexity index is 786. The lowest BCUT2D eigenvalue weighted by Crippen LogP contribution is -2.24. The van der Waals surface area contributed by atoms with Crippen LogP contribution in [0.1, 0.15) is 10.4 Å². The summed E-state index contributed by atoms with van der Waals surface area (Å²) < 4.78 is 27.9. The van der Waals surface area contributed by atoms with Crippen LogP contribution in [0.25, 0.3) is 0 Å². The van der Waals surface area contributed by atoms with Crippen LogP contribution < -0.4 is 4.72 Å². The van der Waals surface area contributed by atoms with Crippen molar-refractivity contribution in [3.63, 3.8) is 0 Å².